The second-order valence-corrected chi connectivity index (χ2v) is 5.10. The van der Waals surface area contributed by atoms with E-state index >= 15 is 0 Å². The molecule has 0 bridgehead atoms. The zero-order chi connectivity index (χ0) is 15.5. The number of ketones is 1. The van der Waals surface area contributed by atoms with Crippen LogP contribution < -0.4 is 14.2 Å². The molecule has 0 aromatic heterocycles. The van der Waals surface area contributed by atoms with Gasteiger partial charge in [0, 0.05) is 10.6 Å². The van der Waals surface area contributed by atoms with Gasteiger partial charge in [0.25, 0.3) is 0 Å². The Balaban J connectivity index is 1.83. The van der Waals surface area contributed by atoms with E-state index in [-0.39, 0.29) is 12.6 Å². The first kappa shape index (κ1) is 14.5. The second-order valence-electron chi connectivity index (χ2n) is 4.66. The Labute approximate surface area is 132 Å². The van der Waals surface area contributed by atoms with E-state index in [1.54, 1.807) is 49.6 Å². The maximum atomic E-state index is 12.1. The molecule has 0 aliphatic carbocycles. The zero-order valence-corrected chi connectivity index (χ0v) is 12.6. The summed E-state index contributed by atoms with van der Waals surface area (Å²) in [5, 5.41) is 0.598. The number of allylic oxidation sites excluding steroid dienone is 1. The van der Waals surface area contributed by atoms with E-state index < -0.39 is 0 Å². The van der Waals surface area contributed by atoms with Crippen molar-refractivity contribution in [1.82, 2.24) is 0 Å². The highest BCUT2D eigenvalue weighted by Gasteiger charge is 2.19. The summed E-state index contributed by atoms with van der Waals surface area (Å²) in [6, 6.07) is 10.3. The van der Waals surface area contributed by atoms with Crippen LogP contribution >= 0.6 is 11.6 Å². The molecule has 2 aromatic rings. The molecule has 0 atom stereocenters. The fraction of sp³-hybridized carbons (Fsp3) is 0.118. The van der Waals surface area contributed by atoms with E-state index in [0.29, 0.717) is 27.8 Å². The number of carbonyl (C=O) groups is 1. The lowest BCUT2D eigenvalue weighted by atomic mass is 10.1. The summed E-state index contributed by atoms with van der Waals surface area (Å²) in [5.74, 6) is 1.67. The molecule has 1 aliphatic rings. The van der Waals surface area contributed by atoms with Crippen LogP contribution in [0.5, 0.6) is 17.2 Å². The lowest BCUT2D eigenvalue weighted by molar-refractivity contribution is 0.104. The quantitative estimate of drug-likeness (QED) is 0.632. The Hall–Kier alpha value is -2.46. The predicted octanol–water partition coefficient (Wildman–Crippen LogP) is 3.97. The summed E-state index contributed by atoms with van der Waals surface area (Å²) in [4.78, 5) is 12.1. The highest BCUT2D eigenvalue weighted by atomic mass is 35.5. The van der Waals surface area contributed by atoms with Crippen molar-refractivity contribution >= 4 is 23.5 Å². The lowest BCUT2D eigenvalue weighted by Gasteiger charge is -2.05. The highest BCUT2D eigenvalue weighted by molar-refractivity contribution is 6.30. The van der Waals surface area contributed by atoms with E-state index in [1.807, 2.05) is 0 Å². The standard InChI is InChI=1S/C17H13ClO4/c1-20-15-8-11(9-16-17(15)22-10-21-16)2-7-14(19)12-3-5-13(18)6-4-12/h2-9H,10H2,1H3/b7-2+. The van der Waals surface area contributed by atoms with Gasteiger partial charge >= 0.3 is 0 Å². The lowest BCUT2D eigenvalue weighted by Crippen LogP contribution is -1.93. The fourth-order valence-corrected chi connectivity index (χ4v) is 2.25. The molecule has 0 unspecified atom stereocenters. The number of carbonyl (C=O) groups excluding carboxylic acids is 1. The van der Waals surface area contributed by atoms with Crippen molar-refractivity contribution in [3.8, 4) is 17.2 Å². The van der Waals surface area contributed by atoms with E-state index in [9.17, 15) is 4.79 Å². The summed E-state index contributed by atoms with van der Waals surface area (Å²) in [6.07, 6.45) is 3.21. The molecule has 22 heavy (non-hydrogen) atoms. The van der Waals surface area contributed by atoms with Gasteiger partial charge in [-0.2, -0.15) is 0 Å². The van der Waals surface area contributed by atoms with Crippen molar-refractivity contribution in [2.45, 2.75) is 0 Å². The van der Waals surface area contributed by atoms with Crippen molar-refractivity contribution in [2.24, 2.45) is 0 Å². The van der Waals surface area contributed by atoms with Crippen molar-refractivity contribution in [3.05, 3.63) is 58.6 Å². The molecule has 0 amide bonds. The van der Waals surface area contributed by atoms with Gasteiger partial charge in [-0.1, -0.05) is 17.7 Å². The maximum absolute atomic E-state index is 12.1. The van der Waals surface area contributed by atoms with Crippen molar-refractivity contribution in [3.63, 3.8) is 0 Å². The molecule has 112 valence electrons. The Morgan fingerprint density at radius 3 is 2.73 bits per heavy atom. The van der Waals surface area contributed by atoms with Gasteiger partial charge in [-0.25, -0.2) is 0 Å². The molecular formula is C17H13ClO4. The third-order valence-electron chi connectivity index (χ3n) is 3.24. The minimum Gasteiger partial charge on any atom is -0.493 e. The van der Waals surface area contributed by atoms with Gasteiger partial charge in [-0.05, 0) is 48.0 Å². The van der Waals surface area contributed by atoms with E-state index in [1.165, 1.54) is 6.08 Å². The molecule has 0 saturated carbocycles. The Morgan fingerprint density at radius 1 is 1.23 bits per heavy atom. The summed E-state index contributed by atoms with van der Waals surface area (Å²) >= 11 is 5.81. The highest BCUT2D eigenvalue weighted by Crippen LogP contribution is 2.42. The molecule has 4 nitrogen and oxygen atoms in total. The van der Waals surface area contributed by atoms with Crippen LogP contribution in [0, 0.1) is 0 Å². The molecule has 5 heteroatoms. The van der Waals surface area contributed by atoms with E-state index in [0.717, 1.165) is 5.56 Å². The number of ether oxygens (including phenoxy) is 3. The molecule has 0 radical (unpaired) electrons. The molecule has 0 spiro atoms. The van der Waals surface area contributed by atoms with Crippen LogP contribution in [0.4, 0.5) is 0 Å². The van der Waals surface area contributed by atoms with Gasteiger partial charge in [0.2, 0.25) is 12.5 Å². The number of halogens is 1. The normalized spacial score (nSPS) is 12.6. The fourth-order valence-electron chi connectivity index (χ4n) is 2.13. The van der Waals surface area contributed by atoms with Crippen LogP contribution in [0.3, 0.4) is 0 Å². The molecule has 1 heterocycles. The van der Waals surface area contributed by atoms with Crippen LogP contribution in [0.15, 0.2) is 42.5 Å². The van der Waals surface area contributed by atoms with E-state index in [2.05, 4.69) is 0 Å². The molecule has 2 aromatic carbocycles. The second kappa shape index (κ2) is 6.12. The third-order valence-corrected chi connectivity index (χ3v) is 3.49. The molecule has 1 aliphatic heterocycles. The summed E-state index contributed by atoms with van der Waals surface area (Å²) in [7, 11) is 1.56. The van der Waals surface area contributed by atoms with Gasteiger partial charge in [0.05, 0.1) is 7.11 Å². The third kappa shape index (κ3) is 2.92. The number of hydrogen-bond donors (Lipinski definition) is 0. The predicted molar refractivity (Wildman–Crippen MR) is 83.9 cm³/mol. The molecule has 0 fully saturated rings. The summed E-state index contributed by atoms with van der Waals surface area (Å²) < 4.78 is 15.9. The van der Waals surface area contributed by atoms with Gasteiger partial charge < -0.3 is 14.2 Å². The first-order valence-corrected chi connectivity index (χ1v) is 7.01. The van der Waals surface area contributed by atoms with Crippen LogP contribution in [-0.2, 0) is 0 Å². The smallest absolute Gasteiger partial charge is 0.231 e. The monoisotopic (exact) mass is 316 g/mol. The Kier molecular flexibility index (Phi) is 4.02. The number of methoxy groups -OCH3 is 1. The van der Waals surface area contributed by atoms with Gasteiger partial charge in [0.15, 0.2) is 17.3 Å². The first-order valence-electron chi connectivity index (χ1n) is 6.63. The Morgan fingerprint density at radius 2 is 2.00 bits per heavy atom. The van der Waals surface area contributed by atoms with Crippen molar-refractivity contribution in [1.29, 1.82) is 0 Å². The largest absolute Gasteiger partial charge is 0.493 e. The summed E-state index contributed by atoms with van der Waals surface area (Å²) in [6.45, 7) is 0.169. The molecule has 0 N–H and O–H groups in total. The van der Waals surface area contributed by atoms with E-state index in [4.69, 9.17) is 25.8 Å². The number of benzene rings is 2. The number of fused-ring (bicyclic) bond motifs is 1. The maximum Gasteiger partial charge on any atom is 0.231 e. The average molecular weight is 317 g/mol. The Bertz CT molecular complexity index is 735. The van der Waals surface area contributed by atoms with Crippen LogP contribution in [0.2, 0.25) is 5.02 Å². The van der Waals surface area contributed by atoms with Gasteiger partial charge in [0.1, 0.15) is 0 Å². The van der Waals surface area contributed by atoms with Crippen molar-refractivity contribution in [2.75, 3.05) is 13.9 Å². The van der Waals surface area contributed by atoms with Crippen LogP contribution in [-0.4, -0.2) is 19.7 Å². The number of hydrogen-bond acceptors (Lipinski definition) is 4. The topological polar surface area (TPSA) is 44.8 Å². The zero-order valence-electron chi connectivity index (χ0n) is 11.8. The summed E-state index contributed by atoms with van der Waals surface area (Å²) in [5.41, 5.74) is 1.37. The molecule has 3 rings (SSSR count). The van der Waals surface area contributed by atoms with Gasteiger partial charge in [-0.15, -0.1) is 0 Å². The SMILES string of the molecule is COc1cc(/C=C/C(=O)c2ccc(Cl)cc2)cc2c1OCO2. The average Bonchev–Trinajstić information content (AvgIpc) is 3.01. The van der Waals surface area contributed by atoms with Crippen LogP contribution in [0.25, 0.3) is 6.08 Å². The molecular weight excluding hydrogens is 304 g/mol. The van der Waals surface area contributed by atoms with Gasteiger partial charge in [-0.3, -0.25) is 4.79 Å². The minimum atomic E-state index is -0.103. The van der Waals surface area contributed by atoms with Crippen molar-refractivity contribution < 1.29 is 19.0 Å². The van der Waals surface area contributed by atoms with Crippen LogP contribution in [0.1, 0.15) is 15.9 Å². The minimum absolute atomic E-state index is 0.103. The first-order chi connectivity index (χ1) is 10.7. The molecule has 0 saturated heterocycles. The number of rotatable bonds is 4.